The van der Waals surface area contributed by atoms with Crippen LogP contribution in [0, 0.1) is 11.6 Å². The maximum absolute atomic E-state index is 14.6. The van der Waals surface area contributed by atoms with Gasteiger partial charge in [-0.3, -0.25) is 9.59 Å². The minimum atomic E-state index is -3.89. The zero-order valence-electron chi connectivity index (χ0n) is 21.6. The molecule has 4 rings (SSSR count). The standard InChI is InChI=1S/C25H26F2N4O7S2/c1-3-37-21(32)15-31-22-19(27)13-17(26)14-20(22)39-24(31)28-23(33)16-5-7-18(8-6-16)40(35,36)30-11-9-29(10-12-30)25(34)38-4-2/h5-8,13-14H,3-4,9-12,15H2,1-2H3. The van der Waals surface area contributed by atoms with Crippen molar-refractivity contribution in [1.82, 2.24) is 13.8 Å². The van der Waals surface area contributed by atoms with E-state index in [1.54, 1.807) is 13.8 Å². The summed E-state index contributed by atoms with van der Waals surface area (Å²) in [6, 6.07) is 6.84. The van der Waals surface area contributed by atoms with E-state index < -0.39 is 46.2 Å². The molecule has 0 spiro atoms. The fraction of sp³-hybridized carbons (Fsp3) is 0.360. The summed E-state index contributed by atoms with van der Waals surface area (Å²) in [7, 11) is -3.89. The van der Waals surface area contributed by atoms with Gasteiger partial charge in [0.15, 0.2) is 10.6 Å². The monoisotopic (exact) mass is 596 g/mol. The molecule has 11 nitrogen and oxygen atoms in total. The average Bonchev–Trinajstić information content (AvgIpc) is 3.25. The minimum absolute atomic E-state index is 0.0397. The lowest BCUT2D eigenvalue weighted by Gasteiger charge is -2.33. The summed E-state index contributed by atoms with van der Waals surface area (Å²) in [4.78, 5) is 42.3. The zero-order valence-corrected chi connectivity index (χ0v) is 23.3. The highest BCUT2D eigenvalue weighted by Gasteiger charge is 2.30. The van der Waals surface area contributed by atoms with Gasteiger partial charge in [-0.25, -0.2) is 22.0 Å². The maximum Gasteiger partial charge on any atom is 0.409 e. The lowest BCUT2D eigenvalue weighted by atomic mass is 10.2. The number of hydrogen-bond acceptors (Lipinski definition) is 8. The number of rotatable bonds is 7. The highest BCUT2D eigenvalue weighted by Crippen LogP contribution is 2.23. The van der Waals surface area contributed by atoms with Crippen LogP contribution in [0.3, 0.4) is 0 Å². The van der Waals surface area contributed by atoms with Gasteiger partial charge in [0.2, 0.25) is 10.0 Å². The highest BCUT2D eigenvalue weighted by molar-refractivity contribution is 7.89. The second-order valence-corrected chi connectivity index (χ2v) is 11.5. The number of fused-ring (bicyclic) bond motifs is 1. The van der Waals surface area contributed by atoms with Crippen molar-refractivity contribution in [3.05, 3.63) is 58.4 Å². The molecule has 2 heterocycles. The number of carbonyl (C=O) groups excluding carboxylic acids is 3. The van der Waals surface area contributed by atoms with Crippen molar-refractivity contribution >= 4 is 49.5 Å². The first-order valence-electron chi connectivity index (χ1n) is 12.3. The van der Waals surface area contributed by atoms with Crippen LogP contribution < -0.4 is 4.80 Å². The summed E-state index contributed by atoms with van der Waals surface area (Å²) in [6.07, 6.45) is -0.499. The first-order chi connectivity index (χ1) is 19.0. The van der Waals surface area contributed by atoms with Gasteiger partial charge in [-0.1, -0.05) is 11.3 Å². The van der Waals surface area contributed by atoms with Crippen molar-refractivity contribution in [2.24, 2.45) is 4.99 Å². The van der Waals surface area contributed by atoms with Crippen molar-refractivity contribution in [1.29, 1.82) is 0 Å². The molecule has 2 amide bonds. The quantitative estimate of drug-likeness (QED) is 0.384. The van der Waals surface area contributed by atoms with Crippen LogP contribution in [-0.4, -0.2) is 79.6 Å². The number of benzene rings is 2. The predicted molar refractivity (Wildman–Crippen MR) is 140 cm³/mol. The molecule has 0 bridgehead atoms. The summed E-state index contributed by atoms with van der Waals surface area (Å²) in [6.45, 7) is 3.67. The van der Waals surface area contributed by atoms with Crippen molar-refractivity contribution < 1.29 is 41.1 Å². The van der Waals surface area contributed by atoms with Crippen LogP contribution in [0.25, 0.3) is 10.2 Å². The molecule has 1 aliphatic rings. The van der Waals surface area contributed by atoms with Crippen molar-refractivity contribution in [2.75, 3.05) is 39.4 Å². The molecule has 40 heavy (non-hydrogen) atoms. The fourth-order valence-corrected chi connectivity index (χ4v) is 6.58. The van der Waals surface area contributed by atoms with Crippen LogP contribution in [0.4, 0.5) is 13.6 Å². The first-order valence-corrected chi connectivity index (χ1v) is 14.6. The van der Waals surface area contributed by atoms with Crippen LogP contribution in [-0.2, 0) is 30.8 Å². The average molecular weight is 597 g/mol. The molecular weight excluding hydrogens is 570 g/mol. The molecule has 3 aromatic rings. The van der Waals surface area contributed by atoms with Gasteiger partial charge < -0.3 is 18.9 Å². The second kappa shape index (κ2) is 12.2. The van der Waals surface area contributed by atoms with E-state index in [1.807, 2.05) is 0 Å². The molecule has 0 saturated carbocycles. The van der Waals surface area contributed by atoms with Gasteiger partial charge in [0.1, 0.15) is 12.4 Å². The van der Waals surface area contributed by atoms with Crippen molar-refractivity contribution in [2.45, 2.75) is 25.3 Å². The molecule has 0 atom stereocenters. The van der Waals surface area contributed by atoms with E-state index in [-0.39, 0.29) is 64.9 Å². The molecular formula is C25H26F2N4O7S2. The Hall–Kier alpha value is -3.69. The summed E-state index contributed by atoms with van der Waals surface area (Å²) < 4.78 is 67.0. The number of amides is 2. The number of piperazine rings is 1. The van der Waals surface area contributed by atoms with Gasteiger partial charge in [0, 0.05) is 37.8 Å². The molecule has 0 aliphatic carbocycles. The number of ether oxygens (including phenoxy) is 2. The lowest BCUT2D eigenvalue weighted by Crippen LogP contribution is -2.50. The third kappa shape index (κ3) is 6.21. The Morgan fingerprint density at radius 3 is 2.25 bits per heavy atom. The Bertz CT molecular complexity index is 1610. The Morgan fingerprint density at radius 2 is 1.62 bits per heavy atom. The molecule has 214 valence electrons. The Kier molecular flexibility index (Phi) is 8.95. The van der Waals surface area contributed by atoms with E-state index in [0.717, 1.165) is 22.0 Å². The molecule has 0 unspecified atom stereocenters. The van der Waals surface area contributed by atoms with E-state index in [0.29, 0.717) is 6.07 Å². The largest absolute Gasteiger partial charge is 0.465 e. The SMILES string of the molecule is CCOC(=O)Cn1c(=NC(=O)c2ccc(S(=O)(=O)N3CCN(C(=O)OCC)CC3)cc2)sc2cc(F)cc(F)c21. The van der Waals surface area contributed by atoms with Gasteiger partial charge >= 0.3 is 12.1 Å². The number of nitrogens with zero attached hydrogens (tertiary/aromatic N) is 4. The number of carbonyl (C=O) groups is 3. The number of hydrogen-bond donors (Lipinski definition) is 0. The normalized spacial score (nSPS) is 14.9. The third-order valence-corrected chi connectivity index (χ3v) is 8.93. The summed E-state index contributed by atoms with van der Waals surface area (Å²) in [5.74, 6) is -3.23. The fourth-order valence-electron chi connectivity index (χ4n) is 4.09. The number of thiazole rings is 1. The van der Waals surface area contributed by atoms with Gasteiger partial charge in [0.25, 0.3) is 5.91 Å². The molecule has 1 aliphatic heterocycles. The molecule has 0 radical (unpaired) electrons. The minimum Gasteiger partial charge on any atom is -0.465 e. The second-order valence-electron chi connectivity index (χ2n) is 8.54. The van der Waals surface area contributed by atoms with E-state index in [2.05, 4.69) is 4.99 Å². The topological polar surface area (TPSA) is 128 Å². The Labute approximate surface area is 232 Å². The van der Waals surface area contributed by atoms with Crippen LogP contribution in [0.15, 0.2) is 46.3 Å². The lowest BCUT2D eigenvalue weighted by molar-refractivity contribution is -0.143. The Morgan fingerprint density at radius 1 is 0.975 bits per heavy atom. The van der Waals surface area contributed by atoms with Crippen molar-refractivity contribution in [3.8, 4) is 0 Å². The molecule has 1 aromatic heterocycles. The summed E-state index contributed by atoms with van der Waals surface area (Å²) >= 11 is 0.815. The van der Waals surface area contributed by atoms with E-state index in [1.165, 1.54) is 33.5 Å². The van der Waals surface area contributed by atoms with Crippen LogP contribution in [0.1, 0.15) is 24.2 Å². The number of halogens is 2. The van der Waals surface area contributed by atoms with Gasteiger partial charge in [-0.2, -0.15) is 9.30 Å². The summed E-state index contributed by atoms with van der Waals surface area (Å²) in [5.41, 5.74) is -0.0617. The number of esters is 1. The van der Waals surface area contributed by atoms with Gasteiger partial charge in [-0.15, -0.1) is 0 Å². The maximum atomic E-state index is 14.6. The molecule has 15 heteroatoms. The molecule has 1 fully saturated rings. The number of aromatic nitrogens is 1. The van der Waals surface area contributed by atoms with Crippen molar-refractivity contribution in [3.63, 3.8) is 0 Å². The molecule has 2 aromatic carbocycles. The predicted octanol–water partition coefficient (Wildman–Crippen LogP) is 2.75. The Balaban J connectivity index is 1.58. The van der Waals surface area contributed by atoms with E-state index in [9.17, 15) is 31.6 Å². The van der Waals surface area contributed by atoms with Crippen LogP contribution in [0.2, 0.25) is 0 Å². The highest BCUT2D eigenvalue weighted by atomic mass is 32.2. The van der Waals surface area contributed by atoms with E-state index in [4.69, 9.17) is 9.47 Å². The summed E-state index contributed by atoms with van der Waals surface area (Å²) in [5, 5.41) is 0. The van der Waals surface area contributed by atoms with Gasteiger partial charge in [-0.05, 0) is 44.2 Å². The van der Waals surface area contributed by atoms with Crippen LogP contribution in [0.5, 0.6) is 0 Å². The van der Waals surface area contributed by atoms with E-state index >= 15 is 0 Å². The smallest absolute Gasteiger partial charge is 0.409 e. The third-order valence-electron chi connectivity index (χ3n) is 5.99. The van der Waals surface area contributed by atoms with Gasteiger partial charge in [0.05, 0.1) is 28.3 Å². The number of sulfonamides is 1. The molecule has 1 saturated heterocycles. The first kappa shape index (κ1) is 29.3. The zero-order chi connectivity index (χ0) is 29.0. The molecule has 0 N–H and O–H groups in total. The van der Waals surface area contributed by atoms with Crippen LogP contribution >= 0.6 is 11.3 Å².